The Labute approximate surface area is 226 Å². The number of hydrogen-bond acceptors (Lipinski definition) is 3. The van der Waals surface area contributed by atoms with E-state index in [4.69, 9.17) is 11.6 Å². The number of anilines is 1. The summed E-state index contributed by atoms with van der Waals surface area (Å²) in [6.45, 7) is 2.39. The van der Waals surface area contributed by atoms with E-state index in [0.29, 0.717) is 22.0 Å². The molecule has 1 atom stereocenters. The number of fused-ring (bicyclic) bond motifs is 1. The molecule has 0 bridgehead atoms. The molecule has 0 aliphatic carbocycles. The molecule has 0 saturated carbocycles. The number of para-hydroxylation sites is 1. The van der Waals surface area contributed by atoms with Crippen molar-refractivity contribution in [3.8, 4) is 0 Å². The summed E-state index contributed by atoms with van der Waals surface area (Å²) in [4.78, 5) is 29.7. The zero-order chi connectivity index (χ0) is 25.8. The van der Waals surface area contributed by atoms with Crippen molar-refractivity contribution in [2.75, 3.05) is 4.90 Å². The molecule has 0 saturated heterocycles. The molecule has 0 spiro atoms. The Kier molecular flexibility index (Phi) is 7.45. The van der Waals surface area contributed by atoms with Crippen molar-refractivity contribution in [2.24, 2.45) is 0 Å². The van der Waals surface area contributed by atoms with Crippen LogP contribution in [-0.2, 0) is 11.3 Å². The summed E-state index contributed by atoms with van der Waals surface area (Å²) in [5, 5.41) is 3.68. The highest BCUT2D eigenvalue weighted by molar-refractivity contribution is 8.04. The van der Waals surface area contributed by atoms with Crippen LogP contribution in [0.2, 0.25) is 5.02 Å². The zero-order valence-electron chi connectivity index (χ0n) is 20.2. The second-order valence-electron chi connectivity index (χ2n) is 8.83. The van der Waals surface area contributed by atoms with Crippen LogP contribution in [0.4, 0.5) is 5.69 Å². The van der Waals surface area contributed by atoms with E-state index < -0.39 is 0 Å². The molecule has 184 valence electrons. The maximum Gasteiger partial charge on any atom is 0.265 e. The maximum atomic E-state index is 13.6. The van der Waals surface area contributed by atoms with E-state index in [2.05, 4.69) is 5.32 Å². The molecule has 0 unspecified atom stereocenters. The average molecular weight is 525 g/mol. The number of nitrogens with zero attached hydrogens (tertiary/aromatic N) is 1. The largest absolute Gasteiger partial charge is 0.346 e. The van der Waals surface area contributed by atoms with Crippen molar-refractivity contribution in [2.45, 2.75) is 24.4 Å². The fourth-order valence-electron chi connectivity index (χ4n) is 4.22. The van der Waals surface area contributed by atoms with Gasteiger partial charge < -0.3 is 10.2 Å². The van der Waals surface area contributed by atoms with Crippen molar-refractivity contribution in [3.63, 3.8) is 0 Å². The molecule has 0 fully saturated rings. The number of rotatable bonds is 6. The number of carbonyl (C=O) groups excluding carboxylic acids is 2. The maximum absolute atomic E-state index is 13.6. The average Bonchev–Trinajstić information content (AvgIpc) is 2.92. The highest BCUT2D eigenvalue weighted by Crippen LogP contribution is 2.42. The van der Waals surface area contributed by atoms with Gasteiger partial charge in [0.2, 0.25) is 0 Å². The van der Waals surface area contributed by atoms with E-state index in [1.165, 1.54) is 11.8 Å². The molecule has 1 heterocycles. The number of benzene rings is 4. The lowest BCUT2D eigenvalue weighted by atomic mass is 10.1. The summed E-state index contributed by atoms with van der Waals surface area (Å²) in [5.74, 6) is -0.206. The molecule has 6 heteroatoms. The first-order valence-corrected chi connectivity index (χ1v) is 13.2. The first kappa shape index (κ1) is 24.9. The normalized spacial score (nSPS) is 14.8. The first-order valence-electron chi connectivity index (χ1n) is 12.0. The quantitative estimate of drug-likeness (QED) is 0.265. The fraction of sp³-hybridized carbons (Fsp3) is 0.0968. The van der Waals surface area contributed by atoms with Crippen molar-refractivity contribution in [1.29, 1.82) is 0 Å². The molecule has 0 aromatic heterocycles. The Morgan fingerprint density at radius 3 is 2.43 bits per heavy atom. The second kappa shape index (κ2) is 11.1. The van der Waals surface area contributed by atoms with Gasteiger partial charge in [0, 0.05) is 15.5 Å². The Bertz CT molecular complexity index is 1470. The minimum absolute atomic E-state index is 0.0674. The predicted molar refractivity (Wildman–Crippen MR) is 152 cm³/mol. The van der Waals surface area contributed by atoms with E-state index in [1.807, 2.05) is 104 Å². The second-order valence-corrected chi connectivity index (χ2v) is 10.3. The standard InChI is InChI=1S/C31H25ClN2O2S/c1-21(24-9-3-2-4-10-24)33-30(35)25-16-14-22(15-17-25)19-29-31(36)34(20-23-8-7-11-26(32)18-23)27-12-5-6-13-28(27)37-29/h2-19,21H,20H2,1H3,(H,33,35)/b29-19+/t21-/m1/s1. The summed E-state index contributed by atoms with van der Waals surface area (Å²) in [6, 6.07) is 32.5. The first-order chi connectivity index (χ1) is 18.0. The lowest BCUT2D eigenvalue weighted by molar-refractivity contribution is -0.114. The van der Waals surface area contributed by atoms with Crippen LogP contribution in [0.25, 0.3) is 6.08 Å². The Morgan fingerprint density at radius 1 is 0.946 bits per heavy atom. The van der Waals surface area contributed by atoms with E-state index in [0.717, 1.165) is 27.3 Å². The van der Waals surface area contributed by atoms with Crippen LogP contribution in [0.1, 0.15) is 40.0 Å². The van der Waals surface area contributed by atoms with Crippen LogP contribution < -0.4 is 10.2 Å². The molecule has 1 aliphatic heterocycles. The molecule has 5 rings (SSSR count). The third-order valence-electron chi connectivity index (χ3n) is 6.18. The van der Waals surface area contributed by atoms with Crippen LogP contribution >= 0.6 is 23.4 Å². The molecule has 4 aromatic carbocycles. The lowest BCUT2D eigenvalue weighted by Gasteiger charge is -2.30. The summed E-state index contributed by atoms with van der Waals surface area (Å²) in [6.07, 6.45) is 1.88. The third kappa shape index (κ3) is 5.79. The van der Waals surface area contributed by atoms with Crippen LogP contribution in [0.15, 0.2) is 113 Å². The van der Waals surface area contributed by atoms with E-state index in [1.54, 1.807) is 17.0 Å². The number of hydrogen-bond donors (Lipinski definition) is 1. The molecule has 2 amide bonds. The van der Waals surface area contributed by atoms with Gasteiger partial charge in [-0.3, -0.25) is 9.59 Å². The molecular formula is C31H25ClN2O2S. The molecule has 4 nitrogen and oxygen atoms in total. The van der Waals surface area contributed by atoms with E-state index >= 15 is 0 Å². The monoisotopic (exact) mass is 524 g/mol. The van der Waals surface area contributed by atoms with Gasteiger partial charge in [0.1, 0.15) is 0 Å². The van der Waals surface area contributed by atoms with Gasteiger partial charge in [0.15, 0.2) is 0 Å². The topological polar surface area (TPSA) is 49.4 Å². The van der Waals surface area contributed by atoms with E-state index in [-0.39, 0.29) is 17.9 Å². The zero-order valence-corrected chi connectivity index (χ0v) is 21.8. The van der Waals surface area contributed by atoms with Gasteiger partial charge in [-0.15, -0.1) is 0 Å². The number of thioether (sulfide) groups is 1. The summed E-state index contributed by atoms with van der Waals surface area (Å²) in [5.41, 5.74) is 4.31. The van der Waals surface area contributed by atoms with Crippen molar-refractivity contribution in [3.05, 3.63) is 135 Å². The Hall–Kier alpha value is -3.80. The Balaban J connectivity index is 1.35. The number of nitrogens with one attached hydrogen (secondary N) is 1. The molecule has 0 radical (unpaired) electrons. The number of amides is 2. The highest BCUT2D eigenvalue weighted by Gasteiger charge is 2.29. The molecule has 1 N–H and O–H groups in total. The summed E-state index contributed by atoms with van der Waals surface area (Å²) in [7, 11) is 0. The lowest BCUT2D eigenvalue weighted by Crippen LogP contribution is -2.33. The highest BCUT2D eigenvalue weighted by atomic mass is 35.5. The number of halogens is 1. The van der Waals surface area contributed by atoms with Crippen molar-refractivity contribution >= 4 is 46.9 Å². The molecular weight excluding hydrogens is 500 g/mol. The van der Waals surface area contributed by atoms with Crippen LogP contribution in [0.3, 0.4) is 0 Å². The SMILES string of the molecule is C[C@@H](NC(=O)c1ccc(/C=C2/Sc3ccccc3N(Cc3cccc(Cl)c3)C2=O)cc1)c1ccccc1. The van der Waals surface area contributed by atoms with Crippen LogP contribution in [0, 0.1) is 0 Å². The van der Waals surface area contributed by atoms with Gasteiger partial charge in [0.25, 0.3) is 11.8 Å². The van der Waals surface area contributed by atoms with Crippen LogP contribution in [0.5, 0.6) is 0 Å². The van der Waals surface area contributed by atoms with Gasteiger partial charge in [0.05, 0.1) is 23.2 Å². The summed E-state index contributed by atoms with van der Waals surface area (Å²) >= 11 is 7.64. The Morgan fingerprint density at radius 2 is 1.68 bits per heavy atom. The fourth-order valence-corrected chi connectivity index (χ4v) is 5.50. The third-order valence-corrected chi connectivity index (χ3v) is 7.49. The van der Waals surface area contributed by atoms with Crippen molar-refractivity contribution in [1.82, 2.24) is 5.32 Å². The number of carbonyl (C=O) groups is 2. The minimum atomic E-state index is -0.139. The van der Waals surface area contributed by atoms with Gasteiger partial charge in [-0.2, -0.15) is 0 Å². The minimum Gasteiger partial charge on any atom is -0.346 e. The van der Waals surface area contributed by atoms with Gasteiger partial charge in [-0.05, 0) is 66.1 Å². The molecule has 37 heavy (non-hydrogen) atoms. The van der Waals surface area contributed by atoms with Gasteiger partial charge in [-0.1, -0.05) is 90.1 Å². The molecule has 1 aliphatic rings. The van der Waals surface area contributed by atoms with Gasteiger partial charge >= 0.3 is 0 Å². The smallest absolute Gasteiger partial charge is 0.265 e. The van der Waals surface area contributed by atoms with Crippen molar-refractivity contribution < 1.29 is 9.59 Å². The van der Waals surface area contributed by atoms with Gasteiger partial charge in [-0.25, -0.2) is 0 Å². The summed E-state index contributed by atoms with van der Waals surface area (Å²) < 4.78 is 0. The van der Waals surface area contributed by atoms with E-state index in [9.17, 15) is 9.59 Å². The van der Waals surface area contributed by atoms with Crippen LogP contribution in [-0.4, -0.2) is 11.8 Å². The predicted octanol–water partition coefficient (Wildman–Crippen LogP) is 7.51. The molecule has 4 aromatic rings.